The summed E-state index contributed by atoms with van der Waals surface area (Å²) in [7, 11) is 0. The summed E-state index contributed by atoms with van der Waals surface area (Å²) < 4.78 is 0. The van der Waals surface area contributed by atoms with E-state index < -0.39 is 5.78 Å². The Labute approximate surface area is 119 Å². The zero-order chi connectivity index (χ0) is 14.1. The van der Waals surface area contributed by atoms with Crippen molar-refractivity contribution in [1.82, 2.24) is 9.97 Å². The van der Waals surface area contributed by atoms with Gasteiger partial charge >= 0.3 is 0 Å². The SMILES string of the molecule is O=CC(=O)c1[nH]c2ccc(Cl)cc2c1-c1ccccn1. The van der Waals surface area contributed by atoms with Crippen molar-refractivity contribution in [3.05, 3.63) is 53.3 Å². The van der Waals surface area contributed by atoms with Crippen LogP contribution < -0.4 is 0 Å². The van der Waals surface area contributed by atoms with E-state index in [9.17, 15) is 9.59 Å². The van der Waals surface area contributed by atoms with Crippen LogP contribution in [0.25, 0.3) is 22.2 Å². The highest BCUT2D eigenvalue weighted by molar-refractivity contribution is 6.36. The lowest BCUT2D eigenvalue weighted by atomic mass is 10.0. The lowest BCUT2D eigenvalue weighted by molar-refractivity contribution is -0.104. The maximum atomic E-state index is 11.8. The molecule has 2 aromatic heterocycles. The largest absolute Gasteiger partial charge is 0.351 e. The van der Waals surface area contributed by atoms with E-state index in [1.165, 1.54) is 0 Å². The predicted molar refractivity (Wildman–Crippen MR) is 76.9 cm³/mol. The molecule has 98 valence electrons. The van der Waals surface area contributed by atoms with Crippen molar-refractivity contribution in [3.63, 3.8) is 0 Å². The number of H-pyrrole nitrogens is 1. The zero-order valence-corrected chi connectivity index (χ0v) is 11.0. The average molecular weight is 285 g/mol. The Morgan fingerprint density at radius 1 is 1.25 bits per heavy atom. The second kappa shape index (κ2) is 4.90. The van der Waals surface area contributed by atoms with E-state index in [0.717, 1.165) is 10.9 Å². The van der Waals surface area contributed by atoms with Gasteiger partial charge in [0.25, 0.3) is 0 Å². The van der Waals surface area contributed by atoms with Gasteiger partial charge in [-0.25, -0.2) is 0 Å². The van der Waals surface area contributed by atoms with Crippen molar-refractivity contribution >= 4 is 34.6 Å². The van der Waals surface area contributed by atoms with Crippen LogP contribution in [-0.4, -0.2) is 22.0 Å². The Morgan fingerprint density at radius 2 is 2.10 bits per heavy atom. The summed E-state index contributed by atoms with van der Waals surface area (Å²) in [5, 5.41) is 1.32. The third-order valence-electron chi connectivity index (χ3n) is 3.04. The molecule has 2 heterocycles. The maximum absolute atomic E-state index is 11.8. The molecule has 0 fully saturated rings. The topological polar surface area (TPSA) is 62.8 Å². The van der Waals surface area contributed by atoms with Crippen LogP contribution in [0.15, 0.2) is 42.6 Å². The number of aromatic amines is 1. The number of pyridine rings is 1. The highest BCUT2D eigenvalue weighted by Crippen LogP contribution is 2.32. The molecule has 0 spiro atoms. The van der Waals surface area contributed by atoms with Crippen LogP contribution in [0.4, 0.5) is 0 Å². The van der Waals surface area contributed by atoms with Gasteiger partial charge < -0.3 is 4.98 Å². The van der Waals surface area contributed by atoms with Gasteiger partial charge in [-0.2, -0.15) is 0 Å². The summed E-state index contributed by atoms with van der Waals surface area (Å²) in [6.07, 6.45) is 1.92. The second-order valence-electron chi connectivity index (χ2n) is 4.26. The first-order chi connectivity index (χ1) is 9.70. The standard InChI is InChI=1S/C15H9ClN2O2/c16-9-4-5-11-10(7-9)14(12-3-1-2-6-17-12)15(18-11)13(20)8-19/h1-8,18H. The first kappa shape index (κ1) is 12.6. The van der Waals surface area contributed by atoms with Gasteiger partial charge in [-0.3, -0.25) is 14.6 Å². The molecular formula is C15H9ClN2O2. The molecule has 3 aromatic rings. The molecule has 0 aliphatic rings. The minimum atomic E-state index is -0.613. The first-order valence-electron chi connectivity index (χ1n) is 5.93. The Hall–Kier alpha value is -2.46. The van der Waals surface area contributed by atoms with Crippen molar-refractivity contribution in [1.29, 1.82) is 0 Å². The minimum absolute atomic E-state index is 0.232. The fraction of sp³-hybridized carbons (Fsp3) is 0. The van der Waals surface area contributed by atoms with Crippen molar-refractivity contribution in [2.75, 3.05) is 0 Å². The van der Waals surface area contributed by atoms with E-state index in [1.807, 2.05) is 6.07 Å². The van der Waals surface area contributed by atoms with E-state index in [-0.39, 0.29) is 5.69 Å². The lowest BCUT2D eigenvalue weighted by Gasteiger charge is -2.01. The van der Waals surface area contributed by atoms with Gasteiger partial charge in [-0.15, -0.1) is 0 Å². The zero-order valence-electron chi connectivity index (χ0n) is 10.3. The van der Waals surface area contributed by atoms with Crippen molar-refractivity contribution in [3.8, 4) is 11.3 Å². The Morgan fingerprint density at radius 3 is 2.80 bits per heavy atom. The predicted octanol–water partition coefficient (Wildman–Crippen LogP) is 3.26. The first-order valence-corrected chi connectivity index (χ1v) is 6.30. The molecule has 20 heavy (non-hydrogen) atoms. The third kappa shape index (κ3) is 2.00. The molecule has 0 saturated heterocycles. The van der Waals surface area contributed by atoms with Gasteiger partial charge in [0.05, 0.1) is 5.69 Å². The molecule has 0 amide bonds. The molecule has 0 unspecified atom stereocenters. The number of aromatic nitrogens is 2. The van der Waals surface area contributed by atoms with Crippen LogP contribution in [0.1, 0.15) is 10.5 Å². The van der Waals surface area contributed by atoms with E-state index >= 15 is 0 Å². The minimum Gasteiger partial charge on any atom is -0.351 e. The van der Waals surface area contributed by atoms with E-state index in [2.05, 4.69) is 9.97 Å². The number of fused-ring (bicyclic) bond motifs is 1. The number of Topliss-reactive ketones (excluding diaryl/α,β-unsaturated/α-hetero) is 1. The summed E-state index contributed by atoms with van der Waals surface area (Å²) in [6, 6.07) is 10.6. The molecule has 0 bridgehead atoms. The van der Waals surface area contributed by atoms with Crippen LogP contribution in [0.5, 0.6) is 0 Å². The third-order valence-corrected chi connectivity index (χ3v) is 3.27. The normalized spacial score (nSPS) is 10.7. The van der Waals surface area contributed by atoms with Crippen LogP contribution in [0.3, 0.4) is 0 Å². The lowest BCUT2D eigenvalue weighted by Crippen LogP contribution is -2.02. The highest BCUT2D eigenvalue weighted by Gasteiger charge is 2.19. The van der Waals surface area contributed by atoms with Crippen molar-refractivity contribution < 1.29 is 9.59 Å². The summed E-state index contributed by atoms with van der Waals surface area (Å²) in [5.41, 5.74) is 2.18. The van der Waals surface area contributed by atoms with Crippen LogP contribution in [-0.2, 0) is 4.79 Å². The van der Waals surface area contributed by atoms with E-state index in [4.69, 9.17) is 11.6 Å². The number of hydrogen-bond donors (Lipinski definition) is 1. The average Bonchev–Trinajstić information content (AvgIpc) is 2.85. The van der Waals surface area contributed by atoms with Gasteiger partial charge in [0.1, 0.15) is 5.69 Å². The Bertz CT molecular complexity index is 809. The van der Waals surface area contributed by atoms with Gasteiger partial charge in [-0.05, 0) is 30.3 Å². The van der Waals surface area contributed by atoms with Crippen LogP contribution >= 0.6 is 11.6 Å². The number of aldehydes is 1. The number of halogens is 1. The molecule has 4 nitrogen and oxygen atoms in total. The molecule has 0 saturated carbocycles. The number of nitrogens with one attached hydrogen (secondary N) is 1. The fourth-order valence-electron chi connectivity index (χ4n) is 2.18. The summed E-state index contributed by atoms with van der Waals surface area (Å²) in [6.45, 7) is 0. The molecule has 1 aromatic carbocycles. The smallest absolute Gasteiger partial charge is 0.242 e. The summed E-state index contributed by atoms with van der Waals surface area (Å²) in [5.74, 6) is -0.613. The number of ketones is 1. The molecule has 0 aliphatic heterocycles. The van der Waals surface area contributed by atoms with Gasteiger partial charge in [0, 0.05) is 27.7 Å². The molecule has 1 N–H and O–H groups in total. The number of hydrogen-bond acceptors (Lipinski definition) is 3. The van der Waals surface area contributed by atoms with Crippen LogP contribution in [0, 0.1) is 0 Å². The molecule has 5 heteroatoms. The monoisotopic (exact) mass is 284 g/mol. The number of rotatable bonds is 3. The quantitative estimate of drug-likeness (QED) is 0.456. The van der Waals surface area contributed by atoms with E-state index in [1.54, 1.807) is 36.5 Å². The molecule has 0 radical (unpaired) electrons. The highest BCUT2D eigenvalue weighted by atomic mass is 35.5. The molecule has 0 atom stereocenters. The van der Waals surface area contributed by atoms with Gasteiger partial charge in [-0.1, -0.05) is 17.7 Å². The summed E-state index contributed by atoms with van der Waals surface area (Å²) in [4.78, 5) is 29.8. The Kier molecular flexibility index (Phi) is 3.08. The Balaban J connectivity index is 2.39. The fourth-order valence-corrected chi connectivity index (χ4v) is 2.36. The number of carbonyl (C=O) groups excluding carboxylic acids is 2. The number of nitrogens with zero attached hydrogens (tertiary/aromatic N) is 1. The van der Waals surface area contributed by atoms with Crippen LogP contribution in [0.2, 0.25) is 5.02 Å². The molecule has 3 rings (SSSR count). The van der Waals surface area contributed by atoms with Crippen molar-refractivity contribution in [2.45, 2.75) is 0 Å². The van der Waals surface area contributed by atoms with E-state index in [0.29, 0.717) is 22.6 Å². The maximum Gasteiger partial charge on any atom is 0.242 e. The van der Waals surface area contributed by atoms with Crippen molar-refractivity contribution in [2.24, 2.45) is 0 Å². The molecule has 0 aliphatic carbocycles. The molecular weight excluding hydrogens is 276 g/mol. The second-order valence-corrected chi connectivity index (χ2v) is 4.70. The van der Waals surface area contributed by atoms with Gasteiger partial charge in [0.2, 0.25) is 5.78 Å². The van der Waals surface area contributed by atoms with Gasteiger partial charge in [0.15, 0.2) is 6.29 Å². The summed E-state index contributed by atoms with van der Waals surface area (Å²) >= 11 is 6.01. The number of benzene rings is 1. The number of carbonyl (C=O) groups is 2.